The normalized spacial score (nSPS) is 18.5. The fourth-order valence-corrected chi connectivity index (χ4v) is 2.36. The quantitative estimate of drug-likeness (QED) is 0.893. The molecule has 1 N–H and O–H groups in total. The number of methoxy groups -OCH3 is 1. The van der Waals surface area contributed by atoms with Gasteiger partial charge in [-0.1, -0.05) is 6.07 Å². The lowest BCUT2D eigenvalue weighted by atomic mass is 10.0. The minimum absolute atomic E-state index is 0.113. The molecule has 20 heavy (non-hydrogen) atoms. The highest BCUT2D eigenvalue weighted by Gasteiger charge is 2.37. The number of ether oxygens (including phenoxy) is 1. The Labute approximate surface area is 118 Å². The number of hydrogen-bond acceptors (Lipinski definition) is 3. The fourth-order valence-electron chi connectivity index (χ4n) is 2.36. The molecule has 2 rings (SSSR count). The second-order valence-electron chi connectivity index (χ2n) is 5.56. The Balaban J connectivity index is 2.47. The van der Waals surface area contributed by atoms with Crippen LogP contribution in [-0.4, -0.2) is 31.0 Å². The fraction of sp³-hybridized carbons (Fsp3) is 0.467. The molecule has 0 aromatic heterocycles. The van der Waals surface area contributed by atoms with E-state index >= 15 is 0 Å². The summed E-state index contributed by atoms with van der Waals surface area (Å²) >= 11 is 0. The van der Waals surface area contributed by atoms with Gasteiger partial charge in [-0.3, -0.25) is 9.59 Å². The molecule has 0 spiro atoms. The van der Waals surface area contributed by atoms with E-state index in [-0.39, 0.29) is 18.2 Å². The predicted molar refractivity (Wildman–Crippen MR) is 76.9 cm³/mol. The van der Waals surface area contributed by atoms with Crippen LogP contribution in [0.2, 0.25) is 0 Å². The summed E-state index contributed by atoms with van der Waals surface area (Å²) in [7, 11) is 1.57. The molecule has 5 nitrogen and oxygen atoms in total. The van der Waals surface area contributed by atoms with Crippen LogP contribution in [0.1, 0.15) is 25.8 Å². The van der Waals surface area contributed by atoms with Gasteiger partial charge in [0.05, 0.1) is 12.8 Å². The van der Waals surface area contributed by atoms with Gasteiger partial charge < -0.3 is 15.0 Å². The highest BCUT2D eigenvalue weighted by molar-refractivity contribution is 6.04. The number of benzene rings is 1. The van der Waals surface area contributed by atoms with Crippen LogP contribution in [0.25, 0.3) is 0 Å². The summed E-state index contributed by atoms with van der Waals surface area (Å²) in [5.74, 6) is 0.388. The second kappa shape index (κ2) is 5.15. The van der Waals surface area contributed by atoms with E-state index in [1.165, 1.54) is 0 Å². The molecule has 1 heterocycles. The van der Waals surface area contributed by atoms with Crippen LogP contribution in [0.15, 0.2) is 18.2 Å². The van der Waals surface area contributed by atoms with Gasteiger partial charge in [-0.2, -0.15) is 0 Å². The molecular formula is C15H20N2O3. The summed E-state index contributed by atoms with van der Waals surface area (Å²) < 4.78 is 5.34. The number of carbonyl (C=O) groups excluding carboxylic acids is 2. The van der Waals surface area contributed by atoms with Crippen molar-refractivity contribution >= 4 is 17.5 Å². The van der Waals surface area contributed by atoms with Gasteiger partial charge in [-0.25, -0.2) is 0 Å². The number of hydrogen-bond donors (Lipinski definition) is 1. The van der Waals surface area contributed by atoms with Crippen LogP contribution in [0.3, 0.4) is 0 Å². The van der Waals surface area contributed by atoms with Crippen LogP contribution in [0, 0.1) is 6.92 Å². The third kappa shape index (κ3) is 2.61. The van der Waals surface area contributed by atoms with Crippen molar-refractivity contribution in [2.24, 2.45) is 0 Å². The van der Waals surface area contributed by atoms with E-state index in [2.05, 4.69) is 5.32 Å². The van der Waals surface area contributed by atoms with Gasteiger partial charge in [0.2, 0.25) is 5.91 Å². The average Bonchev–Trinajstić information content (AvgIpc) is 2.47. The molecule has 0 radical (unpaired) electrons. The van der Waals surface area contributed by atoms with Gasteiger partial charge in [0, 0.05) is 13.0 Å². The zero-order valence-electron chi connectivity index (χ0n) is 12.3. The topological polar surface area (TPSA) is 58.6 Å². The number of nitrogens with zero attached hydrogens (tertiary/aromatic N) is 1. The van der Waals surface area contributed by atoms with Crippen molar-refractivity contribution in [1.29, 1.82) is 0 Å². The Morgan fingerprint density at radius 3 is 2.65 bits per heavy atom. The zero-order valence-corrected chi connectivity index (χ0v) is 12.3. The first-order valence-electron chi connectivity index (χ1n) is 6.63. The molecule has 1 aliphatic rings. The largest absolute Gasteiger partial charge is 0.495 e. The molecule has 0 unspecified atom stereocenters. The second-order valence-corrected chi connectivity index (χ2v) is 5.56. The van der Waals surface area contributed by atoms with Crippen molar-refractivity contribution in [1.82, 2.24) is 5.32 Å². The maximum absolute atomic E-state index is 12.6. The van der Waals surface area contributed by atoms with Gasteiger partial charge in [-0.15, -0.1) is 0 Å². The first-order valence-corrected chi connectivity index (χ1v) is 6.63. The van der Waals surface area contributed by atoms with Gasteiger partial charge in [0.25, 0.3) is 5.91 Å². The lowest BCUT2D eigenvalue weighted by Gasteiger charge is -2.29. The number of carbonyl (C=O) groups is 2. The lowest BCUT2D eigenvalue weighted by Crippen LogP contribution is -2.53. The molecule has 5 heteroatoms. The number of rotatable bonds is 2. The monoisotopic (exact) mass is 276 g/mol. The van der Waals surface area contributed by atoms with E-state index < -0.39 is 5.54 Å². The van der Waals surface area contributed by atoms with Gasteiger partial charge >= 0.3 is 0 Å². The summed E-state index contributed by atoms with van der Waals surface area (Å²) in [6, 6.07) is 5.67. The first-order chi connectivity index (χ1) is 9.35. The van der Waals surface area contributed by atoms with E-state index in [1.807, 2.05) is 25.1 Å². The SMILES string of the molecule is COc1ccc(C)cc1N1CCC(=O)NC(C)(C)C1=O. The Morgan fingerprint density at radius 2 is 2.00 bits per heavy atom. The van der Waals surface area contributed by atoms with Crippen LogP contribution >= 0.6 is 0 Å². The Bertz CT molecular complexity index is 552. The molecule has 1 aromatic rings. The minimum Gasteiger partial charge on any atom is -0.495 e. The molecule has 0 bridgehead atoms. The van der Waals surface area contributed by atoms with Crippen molar-refractivity contribution in [3.05, 3.63) is 23.8 Å². The van der Waals surface area contributed by atoms with E-state index in [1.54, 1.807) is 25.9 Å². The number of anilines is 1. The molecular weight excluding hydrogens is 256 g/mol. The zero-order chi connectivity index (χ0) is 14.9. The molecule has 1 aromatic carbocycles. The molecule has 0 saturated carbocycles. The van der Waals surface area contributed by atoms with Crippen LogP contribution in [-0.2, 0) is 9.59 Å². The number of aryl methyl sites for hydroxylation is 1. The average molecular weight is 276 g/mol. The summed E-state index contributed by atoms with van der Waals surface area (Å²) in [5.41, 5.74) is 0.833. The molecule has 2 amide bonds. The molecule has 0 aliphatic carbocycles. The van der Waals surface area contributed by atoms with E-state index in [0.717, 1.165) is 5.56 Å². The minimum atomic E-state index is -0.914. The van der Waals surface area contributed by atoms with Gasteiger partial charge in [0.15, 0.2) is 0 Å². The van der Waals surface area contributed by atoms with E-state index in [0.29, 0.717) is 18.0 Å². The molecule has 108 valence electrons. The summed E-state index contributed by atoms with van der Waals surface area (Å²) in [6.45, 7) is 5.75. The maximum atomic E-state index is 12.6. The Morgan fingerprint density at radius 1 is 1.30 bits per heavy atom. The number of nitrogens with one attached hydrogen (secondary N) is 1. The summed E-state index contributed by atoms with van der Waals surface area (Å²) in [5, 5.41) is 2.75. The molecule has 1 fully saturated rings. The van der Waals surface area contributed by atoms with Crippen LogP contribution < -0.4 is 15.0 Å². The van der Waals surface area contributed by atoms with Crippen molar-refractivity contribution in [3.63, 3.8) is 0 Å². The standard InChI is InChI=1S/C15H20N2O3/c1-10-5-6-12(20-4)11(9-10)17-8-7-13(18)16-15(2,3)14(17)19/h5-6,9H,7-8H2,1-4H3,(H,16,18). The van der Waals surface area contributed by atoms with Gasteiger partial charge in [0.1, 0.15) is 11.3 Å². The van der Waals surface area contributed by atoms with Crippen molar-refractivity contribution in [2.45, 2.75) is 32.7 Å². The van der Waals surface area contributed by atoms with Gasteiger partial charge in [-0.05, 0) is 38.5 Å². The highest BCUT2D eigenvalue weighted by atomic mass is 16.5. The van der Waals surface area contributed by atoms with Crippen LogP contribution in [0.5, 0.6) is 5.75 Å². The Hall–Kier alpha value is -2.04. The molecule has 0 atom stereocenters. The Kier molecular flexibility index (Phi) is 3.70. The van der Waals surface area contributed by atoms with E-state index in [9.17, 15) is 9.59 Å². The summed E-state index contributed by atoms with van der Waals surface area (Å²) in [4.78, 5) is 26.0. The number of amides is 2. The van der Waals surface area contributed by atoms with Crippen molar-refractivity contribution in [2.75, 3.05) is 18.6 Å². The smallest absolute Gasteiger partial charge is 0.252 e. The lowest BCUT2D eigenvalue weighted by molar-refractivity contribution is -0.128. The predicted octanol–water partition coefficient (Wildman–Crippen LogP) is 1.64. The maximum Gasteiger partial charge on any atom is 0.252 e. The highest BCUT2D eigenvalue weighted by Crippen LogP contribution is 2.31. The molecule has 1 aliphatic heterocycles. The van der Waals surface area contributed by atoms with Crippen molar-refractivity contribution in [3.8, 4) is 5.75 Å². The molecule has 1 saturated heterocycles. The van der Waals surface area contributed by atoms with Crippen LogP contribution in [0.4, 0.5) is 5.69 Å². The third-order valence-corrected chi connectivity index (χ3v) is 3.42. The van der Waals surface area contributed by atoms with Crippen molar-refractivity contribution < 1.29 is 14.3 Å². The van der Waals surface area contributed by atoms with E-state index in [4.69, 9.17) is 4.74 Å². The first kappa shape index (κ1) is 14.4. The third-order valence-electron chi connectivity index (χ3n) is 3.42. The summed E-state index contributed by atoms with van der Waals surface area (Å²) in [6.07, 6.45) is 0.284.